The molecule has 1 aliphatic rings. The van der Waals surface area contributed by atoms with Crippen LogP contribution in [0.1, 0.15) is 22.1 Å². The van der Waals surface area contributed by atoms with Gasteiger partial charge in [-0.2, -0.15) is 5.10 Å². The van der Waals surface area contributed by atoms with E-state index < -0.39 is 16.9 Å². The molecule has 1 N–H and O–H groups in total. The summed E-state index contributed by atoms with van der Waals surface area (Å²) in [6, 6.07) is 11.3. The lowest BCUT2D eigenvalue weighted by Crippen LogP contribution is -2.15. The summed E-state index contributed by atoms with van der Waals surface area (Å²) in [5.41, 5.74) is 2.21. The fraction of sp³-hybridized carbons (Fsp3) is 0.200. The van der Waals surface area contributed by atoms with E-state index in [0.29, 0.717) is 22.8 Å². The number of carbonyl (C=O) groups is 1. The standard InChI is InChI=1S/C20H17F2N3O2S/c1-11-17-19(14-4-3-5-15(21)18(14)22)28-10-16(26)23-20(17)25(24-11)12-6-8-13(27-2)9-7-12/h3-9,19H,10H2,1-2H3,(H,23,26). The van der Waals surface area contributed by atoms with E-state index in [-0.39, 0.29) is 17.2 Å². The number of carbonyl (C=O) groups excluding carboxylic acids is 1. The Hall–Kier alpha value is -2.87. The fourth-order valence-electron chi connectivity index (χ4n) is 3.26. The predicted molar refractivity (Wildman–Crippen MR) is 104 cm³/mol. The summed E-state index contributed by atoms with van der Waals surface area (Å²) in [5.74, 6) is -0.762. The molecule has 0 saturated carbocycles. The maximum absolute atomic E-state index is 14.5. The van der Waals surface area contributed by atoms with Crippen molar-refractivity contribution < 1.29 is 18.3 Å². The van der Waals surface area contributed by atoms with Gasteiger partial charge < -0.3 is 10.1 Å². The molecule has 8 heteroatoms. The maximum atomic E-state index is 14.5. The zero-order chi connectivity index (χ0) is 19.8. The molecule has 1 atom stereocenters. The summed E-state index contributed by atoms with van der Waals surface area (Å²) < 4.78 is 35.1. The smallest absolute Gasteiger partial charge is 0.235 e. The van der Waals surface area contributed by atoms with Crippen molar-refractivity contribution in [1.82, 2.24) is 9.78 Å². The van der Waals surface area contributed by atoms with Gasteiger partial charge in [0.2, 0.25) is 5.91 Å². The Morgan fingerprint density at radius 3 is 2.68 bits per heavy atom. The highest BCUT2D eigenvalue weighted by Crippen LogP contribution is 2.44. The van der Waals surface area contributed by atoms with Gasteiger partial charge in [0.1, 0.15) is 11.6 Å². The number of aryl methyl sites for hydroxylation is 1. The van der Waals surface area contributed by atoms with Crippen LogP contribution in [0, 0.1) is 18.6 Å². The van der Waals surface area contributed by atoms with Gasteiger partial charge in [0.15, 0.2) is 11.6 Å². The number of halogens is 2. The number of ether oxygens (including phenoxy) is 1. The van der Waals surface area contributed by atoms with Crippen LogP contribution in [0.3, 0.4) is 0 Å². The highest BCUT2D eigenvalue weighted by molar-refractivity contribution is 8.00. The van der Waals surface area contributed by atoms with Gasteiger partial charge in [-0.05, 0) is 37.3 Å². The molecule has 5 nitrogen and oxygen atoms in total. The van der Waals surface area contributed by atoms with Gasteiger partial charge in [0, 0.05) is 11.1 Å². The molecule has 0 spiro atoms. The summed E-state index contributed by atoms with van der Waals surface area (Å²) in [5, 5.41) is 6.86. The van der Waals surface area contributed by atoms with Crippen molar-refractivity contribution in [3.05, 3.63) is 70.9 Å². The van der Waals surface area contributed by atoms with Crippen LogP contribution in [0.5, 0.6) is 5.75 Å². The lowest BCUT2D eigenvalue weighted by Gasteiger charge is -2.16. The van der Waals surface area contributed by atoms with Crippen LogP contribution in [-0.4, -0.2) is 28.6 Å². The van der Waals surface area contributed by atoms with Gasteiger partial charge in [-0.25, -0.2) is 13.5 Å². The van der Waals surface area contributed by atoms with Gasteiger partial charge in [0.05, 0.1) is 29.5 Å². The Balaban J connectivity index is 1.88. The van der Waals surface area contributed by atoms with Crippen molar-refractivity contribution in [2.75, 3.05) is 18.2 Å². The molecule has 1 amide bonds. The molecule has 1 unspecified atom stereocenters. The van der Waals surface area contributed by atoms with E-state index in [2.05, 4.69) is 10.4 Å². The van der Waals surface area contributed by atoms with E-state index in [1.54, 1.807) is 36.9 Å². The van der Waals surface area contributed by atoms with Gasteiger partial charge in [-0.1, -0.05) is 12.1 Å². The molecule has 4 rings (SSSR count). The van der Waals surface area contributed by atoms with Gasteiger partial charge in [0.25, 0.3) is 0 Å². The first kappa shape index (κ1) is 18.5. The highest BCUT2D eigenvalue weighted by Gasteiger charge is 2.32. The van der Waals surface area contributed by atoms with E-state index >= 15 is 0 Å². The van der Waals surface area contributed by atoms with Crippen LogP contribution in [0.15, 0.2) is 42.5 Å². The van der Waals surface area contributed by atoms with E-state index in [0.717, 1.165) is 11.8 Å². The molecule has 0 saturated heterocycles. The summed E-state index contributed by atoms with van der Waals surface area (Å²) >= 11 is 1.25. The van der Waals surface area contributed by atoms with Crippen LogP contribution in [0.4, 0.5) is 14.6 Å². The number of hydrogen-bond donors (Lipinski definition) is 1. The molecule has 1 aromatic heterocycles. The number of nitrogens with zero attached hydrogens (tertiary/aromatic N) is 2. The van der Waals surface area contributed by atoms with E-state index in [1.807, 2.05) is 12.1 Å². The Bertz CT molecular complexity index is 1050. The first-order valence-electron chi connectivity index (χ1n) is 8.59. The zero-order valence-electron chi connectivity index (χ0n) is 15.2. The number of anilines is 1. The number of hydrogen-bond acceptors (Lipinski definition) is 4. The number of amides is 1. The number of rotatable bonds is 3. The summed E-state index contributed by atoms with van der Waals surface area (Å²) in [7, 11) is 1.58. The number of thioether (sulfide) groups is 1. The average Bonchev–Trinajstić information content (AvgIpc) is 2.90. The lowest BCUT2D eigenvalue weighted by atomic mass is 10.0. The second-order valence-electron chi connectivity index (χ2n) is 6.34. The second-order valence-corrected chi connectivity index (χ2v) is 7.43. The van der Waals surface area contributed by atoms with Crippen LogP contribution in [0.25, 0.3) is 5.69 Å². The van der Waals surface area contributed by atoms with E-state index in [1.165, 1.54) is 17.8 Å². The number of aromatic nitrogens is 2. The van der Waals surface area contributed by atoms with Crippen molar-refractivity contribution in [1.29, 1.82) is 0 Å². The normalized spacial score (nSPS) is 16.3. The average molecular weight is 401 g/mol. The van der Waals surface area contributed by atoms with Crippen molar-refractivity contribution in [3.8, 4) is 11.4 Å². The van der Waals surface area contributed by atoms with Gasteiger partial charge >= 0.3 is 0 Å². The van der Waals surface area contributed by atoms with Gasteiger partial charge in [-0.3, -0.25) is 4.79 Å². The minimum Gasteiger partial charge on any atom is -0.497 e. The minimum absolute atomic E-state index is 0.122. The van der Waals surface area contributed by atoms with Crippen LogP contribution in [0.2, 0.25) is 0 Å². The molecule has 0 bridgehead atoms. The number of nitrogens with one attached hydrogen (secondary N) is 1. The molecular weight excluding hydrogens is 384 g/mol. The maximum Gasteiger partial charge on any atom is 0.235 e. The Morgan fingerprint density at radius 2 is 1.96 bits per heavy atom. The summed E-state index contributed by atoms with van der Waals surface area (Å²) in [6.07, 6.45) is 0. The van der Waals surface area contributed by atoms with Crippen molar-refractivity contribution >= 4 is 23.5 Å². The monoisotopic (exact) mass is 401 g/mol. The lowest BCUT2D eigenvalue weighted by molar-refractivity contribution is -0.113. The number of methoxy groups -OCH3 is 1. The number of fused-ring (bicyclic) bond motifs is 1. The molecule has 2 heterocycles. The third-order valence-corrected chi connectivity index (χ3v) is 5.84. The number of benzene rings is 2. The van der Waals surface area contributed by atoms with Crippen molar-refractivity contribution in [2.45, 2.75) is 12.2 Å². The minimum atomic E-state index is -0.914. The van der Waals surface area contributed by atoms with Crippen LogP contribution < -0.4 is 10.1 Å². The van der Waals surface area contributed by atoms with E-state index in [9.17, 15) is 13.6 Å². The Labute approximate surface area is 164 Å². The Kier molecular flexibility index (Phi) is 4.80. The molecule has 3 aromatic rings. The molecule has 1 aliphatic heterocycles. The van der Waals surface area contributed by atoms with Crippen LogP contribution in [-0.2, 0) is 4.79 Å². The first-order valence-corrected chi connectivity index (χ1v) is 9.63. The third kappa shape index (κ3) is 3.13. The zero-order valence-corrected chi connectivity index (χ0v) is 16.0. The molecule has 0 fully saturated rings. The molecule has 28 heavy (non-hydrogen) atoms. The van der Waals surface area contributed by atoms with Crippen molar-refractivity contribution in [2.24, 2.45) is 0 Å². The predicted octanol–water partition coefficient (Wildman–Crippen LogP) is 4.24. The summed E-state index contributed by atoms with van der Waals surface area (Å²) in [6.45, 7) is 1.79. The first-order chi connectivity index (χ1) is 13.5. The Morgan fingerprint density at radius 1 is 1.21 bits per heavy atom. The molecule has 0 radical (unpaired) electrons. The molecular formula is C20H17F2N3O2S. The SMILES string of the molecule is COc1ccc(-n2nc(C)c3c2NC(=O)CSC3c2cccc(F)c2F)cc1. The highest BCUT2D eigenvalue weighted by atomic mass is 32.2. The fourth-order valence-corrected chi connectivity index (χ4v) is 4.46. The molecule has 144 valence electrons. The van der Waals surface area contributed by atoms with Crippen molar-refractivity contribution in [3.63, 3.8) is 0 Å². The largest absolute Gasteiger partial charge is 0.497 e. The second kappa shape index (κ2) is 7.27. The summed E-state index contributed by atoms with van der Waals surface area (Å²) in [4.78, 5) is 12.3. The van der Waals surface area contributed by atoms with E-state index in [4.69, 9.17) is 4.74 Å². The quantitative estimate of drug-likeness (QED) is 0.713. The topological polar surface area (TPSA) is 56.1 Å². The molecule has 2 aromatic carbocycles. The third-order valence-electron chi connectivity index (χ3n) is 4.59. The molecule has 0 aliphatic carbocycles. The van der Waals surface area contributed by atoms with Gasteiger partial charge in [-0.15, -0.1) is 11.8 Å². The van der Waals surface area contributed by atoms with Crippen LogP contribution >= 0.6 is 11.8 Å².